The van der Waals surface area contributed by atoms with Gasteiger partial charge in [-0.1, -0.05) is 0 Å². The second kappa shape index (κ2) is 5.53. The molecule has 1 unspecified atom stereocenters. The van der Waals surface area contributed by atoms with E-state index in [-0.39, 0.29) is 11.6 Å². The zero-order valence-electron chi connectivity index (χ0n) is 14.1. The van der Waals surface area contributed by atoms with Gasteiger partial charge in [0.15, 0.2) is 0 Å². The van der Waals surface area contributed by atoms with Crippen LogP contribution in [-0.2, 0) is 19.0 Å². The molecular formula is C18H15F3N6. The van der Waals surface area contributed by atoms with E-state index in [1.54, 1.807) is 6.20 Å². The van der Waals surface area contributed by atoms with E-state index in [2.05, 4.69) is 25.4 Å². The molecule has 6 nitrogen and oxygen atoms in total. The highest BCUT2D eigenvalue weighted by molar-refractivity contribution is 6.07. The van der Waals surface area contributed by atoms with Gasteiger partial charge in [-0.3, -0.25) is 10.2 Å². The number of aryl methyl sites for hydroxylation is 1. The normalized spacial score (nSPS) is 17.6. The first-order valence-electron chi connectivity index (χ1n) is 8.57. The highest BCUT2D eigenvalue weighted by atomic mass is 19.4. The Balaban J connectivity index is 1.88. The van der Waals surface area contributed by atoms with Crippen LogP contribution in [0.1, 0.15) is 23.2 Å². The molecule has 3 heterocycles. The SMILES string of the molecule is NC1CCc2c(c(-c3cn[nH]c3C(F)(F)F)nc3ccc4[nH]ncc4c23)C1. The summed E-state index contributed by atoms with van der Waals surface area (Å²) < 4.78 is 40.3. The van der Waals surface area contributed by atoms with Crippen LogP contribution in [0.3, 0.4) is 0 Å². The highest BCUT2D eigenvalue weighted by Gasteiger charge is 2.37. The van der Waals surface area contributed by atoms with Crippen LogP contribution in [-0.4, -0.2) is 31.4 Å². The van der Waals surface area contributed by atoms with Gasteiger partial charge < -0.3 is 5.73 Å². The van der Waals surface area contributed by atoms with Gasteiger partial charge in [-0.15, -0.1) is 0 Å². The summed E-state index contributed by atoms with van der Waals surface area (Å²) in [4.78, 5) is 4.61. The van der Waals surface area contributed by atoms with Crippen molar-refractivity contribution in [2.45, 2.75) is 31.5 Å². The van der Waals surface area contributed by atoms with Crippen LogP contribution in [0.25, 0.3) is 33.1 Å². The standard InChI is InChI=1S/C18H15F3N6/c19-18(20,21)17-12(7-24-27-17)16-10-5-8(22)1-2-9(10)15-11-6-23-26-13(11)3-4-14(15)25-16/h3-4,6-8H,1-2,5,22H2,(H,23,26)(H,24,27). The first-order valence-corrected chi connectivity index (χ1v) is 8.57. The van der Waals surface area contributed by atoms with Gasteiger partial charge in [0.25, 0.3) is 0 Å². The third-order valence-electron chi connectivity index (χ3n) is 5.20. The van der Waals surface area contributed by atoms with Gasteiger partial charge in [0.2, 0.25) is 0 Å². The van der Waals surface area contributed by atoms with Crippen molar-refractivity contribution < 1.29 is 13.2 Å². The maximum absolute atomic E-state index is 13.4. The summed E-state index contributed by atoms with van der Waals surface area (Å²) in [6.07, 6.45) is 0.314. The van der Waals surface area contributed by atoms with Crippen LogP contribution < -0.4 is 5.73 Å². The average Bonchev–Trinajstić information content (AvgIpc) is 3.29. The van der Waals surface area contributed by atoms with E-state index in [0.717, 1.165) is 33.8 Å². The molecule has 4 aromatic rings. The Kier molecular flexibility index (Phi) is 3.33. The van der Waals surface area contributed by atoms with E-state index in [1.165, 1.54) is 6.20 Å². The quantitative estimate of drug-likeness (QED) is 0.477. The Labute approximate surface area is 151 Å². The number of benzene rings is 1. The minimum atomic E-state index is -4.54. The van der Waals surface area contributed by atoms with Gasteiger partial charge in [0.05, 0.1) is 34.7 Å². The van der Waals surface area contributed by atoms with E-state index < -0.39 is 11.9 Å². The molecule has 1 aliphatic carbocycles. The van der Waals surface area contributed by atoms with Gasteiger partial charge in [-0.05, 0) is 42.5 Å². The molecule has 9 heteroatoms. The number of hydrogen-bond acceptors (Lipinski definition) is 4. The van der Waals surface area contributed by atoms with Gasteiger partial charge >= 0.3 is 6.18 Å². The maximum atomic E-state index is 13.4. The predicted molar refractivity (Wildman–Crippen MR) is 94.0 cm³/mol. The van der Waals surface area contributed by atoms with Crippen LogP contribution in [0.4, 0.5) is 13.2 Å². The molecule has 0 saturated heterocycles. The number of fused-ring (bicyclic) bond motifs is 5. The topological polar surface area (TPSA) is 96.3 Å². The van der Waals surface area contributed by atoms with E-state index in [1.807, 2.05) is 12.1 Å². The molecule has 3 aromatic heterocycles. The average molecular weight is 372 g/mol. The molecule has 0 fully saturated rings. The third kappa shape index (κ3) is 2.42. The number of halogens is 3. The van der Waals surface area contributed by atoms with Crippen LogP contribution in [0.2, 0.25) is 0 Å². The molecule has 0 amide bonds. The van der Waals surface area contributed by atoms with E-state index in [0.29, 0.717) is 24.1 Å². The smallest absolute Gasteiger partial charge is 0.327 e. The molecule has 1 aliphatic rings. The molecule has 5 rings (SSSR count). The first-order chi connectivity index (χ1) is 12.9. The number of alkyl halides is 3. The minimum absolute atomic E-state index is 0.0398. The number of rotatable bonds is 1. The number of nitrogens with two attached hydrogens (primary N) is 1. The Morgan fingerprint density at radius 2 is 1.89 bits per heavy atom. The third-order valence-corrected chi connectivity index (χ3v) is 5.20. The molecule has 138 valence electrons. The molecule has 1 aromatic carbocycles. The predicted octanol–water partition coefficient (Wildman–Crippen LogP) is 3.34. The molecule has 4 N–H and O–H groups in total. The van der Waals surface area contributed by atoms with Crippen molar-refractivity contribution in [2.75, 3.05) is 0 Å². The molecule has 1 atom stereocenters. The maximum Gasteiger partial charge on any atom is 0.433 e. The summed E-state index contributed by atoms with van der Waals surface area (Å²) in [6.45, 7) is 0. The number of nitrogens with zero attached hydrogens (tertiary/aromatic N) is 3. The molecule has 0 radical (unpaired) electrons. The number of aromatic nitrogens is 5. The fraction of sp³-hybridized carbons (Fsp3) is 0.278. The Morgan fingerprint density at radius 3 is 2.70 bits per heavy atom. The summed E-state index contributed by atoms with van der Waals surface area (Å²) in [5.41, 5.74) is 8.79. The number of aromatic amines is 2. The number of pyridine rings is 1. The number of nitrogens with one attached hydrogen (secondary N) is 2. The molecule has 0 bridgehead atoms. The summed E-state index contributed by atoms with van der Waals surface area (Å²) in [5.74, 6) is 0. The van der Waals surface area contributed by atoms with Crippen molar-refractivity contribution in [3.05, 3.63) is 41.3 Å². The Hall–Kier alpha value is -2.94. The lowest BCUT2D eigenvalue weighted by Gasteiger charge is -2.25. The van der Waals surface area contributed by atoms with Gasteiger partial charge in [-0.2, -0.15) is 23.4 Å². The summed E-state index contributed by atoms with van der Waals surface area (Å²) in [5, 5.41) is 14.6. The van der Waals surface area contributed by atoms with Crippen LogP contribution in [0.5, 0.6) is 0 Å². The largest absolute Gasteiger partial charge is 0.433 e. The van der Waals surface area contributed by atoms with E-state index in [4.69, 9.17) is 5.73 Å². The second-order valence-electron chi connectivity index (χ2n) is 6.87. The molecular weight excluding hydrogens is 357 g/mol. The fourth-order valence-electron chi connectivity index (χ4n) is 3.99. The monoisotopic (exact) mass is 372 g/mol. The Morgan fingerprint density at radius 1 is 1.07 bits per heavy atom. The lowest BCUT2D eigenvalue weighted by atomic mass is 9.83. The van der Waals surface area contributed by atoms with Gasteiger partial charge in [-0.25, -0.2) is 4.98 Å². The molecule has 0 aliphatic heterocycles. The molecule has 27 heavy (non-hydrogen) atoms. The van der Waals surface area contributed by atoms with E-state index in [9.17, 15) is 13.2 Å². The van der Waals surface area contributed by atoms with Gasteiger partial charge in [0, 0.05) is 16.8 Å². The van der Waals surface area contributed by atoms with Crippen LogP contribution in [0, 0.1) is 0 Å². The molecule has 0 spiro atoms. The second-order valence-corrected chi connectivity index (χ2v) is 6.87. The summed E-state index contributed by atoms with van der Waals surface area (Å²) in [7, 11) is 0. The zero-order valence-corrected chi connectivity index (χ0v) is 14.1. The summed E-state index contributed by atoms with van der Waals surface area (Å²) >= 11 is 0. The van der Waals surface area contributed by atoms with Crippen molar-refractivity contribution in [3.8, 4) is 11.3 Å². The van der Waals surface area contributed by atoms with Gasteiger partial charge in [0.1, 0.15) is 5.69 Å². The number of H-pyrrole nitrogens is 2. The first kappa shape index (κ1) is 16.2. The lowest BCUT2D eigenvalue weighted by molar-refractivity contribution is -0.140. The minimum Gasteiger partial charge on any atom is -0.327 e. The number of hydrogen-bond donors (Lipinski definition) is 3. The van der Waals surface area contributed by atoms with Crippen LogP contribution >= 0.6 is 0 Å². The van der Waals surface area contributed by atoms with Crippen molar-refractivity contribution >= 4 is 21.8 Å². The van der Waals surface area contributed by atoms with E-state index >= 15 is 0 Å². The lowest BCUT2D eigenvalue weighted by Crippen LogP contribution is -2.29. The van der Waals surface area contributed by atoms with Crippen molar-refractivity contribution in [3.63, 3.8) is 0 Å². The molecule has 0 saturated carbocycles. The van der Waals surface area contributed by atoms with Crippen molar-refractivity contribution in [1.29, 1.82) is 0 Å². The van der Waals surface area contributed by atoms with Crippen molar-refractivity contribution in [1.82, 2.24) is 25.4 Å². The fourth-order valence-corrected chi connectivity index (χ4v) is 3.99. The Bertz CT molecular complexity index is 1170. The van der Waals surface area contributed by atoms with Crippen LogP contribution in [0.15, 0.2) is 24.5 Å². The van der Waals surface area contributed by atoms with Crippen molar-refractivity contribution in [2.24, 2.45) is 5.73 Å². The highest BCUT2D eigenvalue weighted by Crippen LogP contribution is 2.41. The summed E-state index contributed by atoms with van der Waals surface area (Å²) in [6, 6.07) is 3.53. The zero-order chi connectivity index (χ0) is 18.8.